The number of ether oxygens (including phenoxy) is 1. The van der Waals surface area contributed by atoms with E-state index in [-0.39, 0.29) is 0 Å². The highest BCUT2D eigenvalue weighted by Gasteiger charge is 2.31. The first kappa shape index (κ1) is 12.2. The zero-order chi connectivity index (χ0) is 12.2. The van der Waals surface area contributed by atoms with Gasteiger partial charge in [-0.25, -0.2) is 0 Å². The first-order chi connectivity index (χ1) is 8.95. The Morgan fingerprint density at radius 3 is 2.67 bits per heavy atom. The lowest BCUT2D eigenvalue weighted by molar-refractivity contribution is -0.00214. The maximum Gasteiger partial charge on any atom is 0.0594 e. The molecule has 4 nitrogen and oxygen atoms in total. The average molecular weight is 249 g/mol. The summed E-state index contributed by atoms with van der Waals surface area (Å²) in [5.74, 6) is 0.778. The summed E-state index contributed by atoms with van der Waals surface area (Å²) in [6, 6.07) is 2.81. The highest BCUT2D eigenvalue weighted by atomic mass is 16.5. The maximum absolute atomic E-state index is 5.49. The van der Waals surface area contributed by atoms with E-state index in [9.17, 15) is 0 Å². The minimum Gasteiger partial charge on any atom is -0.379 e. The Morgan fingerprint density at radius 2 is 2.00 bits per heavy atom. The van der Waals surface area contributed by atoms with Crippen LogP contribution in [0.3, 0.4) is 0 Å². The van der Waals surface area contributed by atoms with Crippen molar-refractivity contribution in [1.29, 1.82) is 0 Å². The molecule has 0 saturated carbocycles. The fourth-order valence-corrected chi connectivity index (χ4v) is 3.32. The number of hydrogen-bond acceptors (Lipinski definition) is 3. The summed E-state index contributed by atoms with van der Waals surface area (Å²) >= 11 is 0. The Morgan fingerprint density at radius 1 is 1.22 bits per heavy atom. The van der Waals surface area contributed by atoms with Gasteiger partial charge in [-0.05, 0) is 43.5 Å². The number of piperidine rings is 1. The number of rotatable bonds is 3. The first-order valence-corrected chi connectivity index (χ1v) is 7.10. The lowest BCUT2D eigenvalue weighted by Crippen LogP contribution is -2.44. The molecule has 2 fully saturated rings. The predicted molar refractivity (Wildman–Crippen MR) is 71.5 cm³/mol. The van der Waals surface area contributed by atoms with E-state index in [2.05, 4.69) is 27.5 Å². The topological polar surface area (TPSA) is 40.3 Å². The minimum atomic E-state index is 0.572. The summed E-state index contributed by atoms with van der Waals surface area (Å²) in [6.07, 6.45) is 6.78. The van der Waals surface area contributed by atoms with E-state index in [0.717, 1.165) is 45.3 Å². The van der Waals surface area contributed by atoms with Crippen molar-refractivity contribution in [1.82, 2.24) is 15.2 Å². The lowest BCUT2D eigenvalue weighted by atomic mass is 9.85. The number of H-pyrrole nitrogens is 1. The van der Waals surface area contributed by atoms with Crippen molar-refractivity contribution in [2.45, 2.75) is 18.9 Å². The van der Waals surface area contributed by atoms with E-state index in [0.29, 0.717) is 6.04 Å². The second-order valence-electron chi connectivity index (χ2n) is 5.32. The third kappa shape index (κ3) is 2.60. The van der Waals surface area contributed by atoms with E-state index >= 15 is 0 Å². The molecule has 3 rings (SSSR count). The van der Waals surface area contributed by atoms with Gasteiger partial charge in [-0.1, -0.05) is 0 Å². The Labute approximate surface area is 109 Å². The van der Waals surface area contributed by atoms with Crippen molar-refractivity contribution in [3.63, 3.8) is 0 Å². The minimum absolute atomic E-state index is 0.572. The molecule has 1 aromatic rings. The predicted octanol–water partition coefficient (Wildman–Crippen LogP) is 1.39. The fourth-order valence-electron chi connectivity index (χ4n) is 3.32. The van der Waals surface area contributed by atoms with Gasteiger partial charge in [0.05, 0.1) is 13.2 Å². The van der Waals surface area contributed by atoms with E-state index < -0.39 is 0 Å². The quantitative estimate of drug-likeness (QED) is 0.850. The van der Waals surface area contributed by atoms with Gasteiger partial charge in [0.2, 0.25) is 0 Å². The van der Waals surface area contributed by atoms with Crippen LogP contribution in [0.5, 0.6) is 0 Å². The highest BCUT2D eigenvalue weighted by molar-refractivity contribution is 5.16. The molecule has 4 heteroatoms. The summed E-state index contributed by atoms with van der Waals surface area (Å²) in [6.45, 7) is 6.23. The van der Waals surface area contributed by atoms with E-state index in [4.69, 9.17) is 4.74 Å². The Bertz CT molecular complexity index is 322. The van der Waals surface area contributed by atoms with Gasteiger partial charge >= 0.3 is 0 Å². The van der Waals surface area contributed by atoms with Crippen LogP contribution < -0.4 is 5.32 Å². The summed E-state index contributed by atoms with van der Waals surface area (Å²) in [7, 11) is 0. The van der Waals surface area contributed by atoms with Crippen LogP contribution in [0.15, 0.2) is 18.5 Å². The molecule has 2 saturated heterocycles. The molecule has 0 radical (unpaired) electrons. The second kappa shape index (κ2) is 5.87. The van der Waals surface area contributed by atoms with Gasteiger partial charge in [0.25, 0.3) is 0 Å². The normalized spacial score (nSPS) is 25.1. The number of aromatic nitrogens is 1. The van der Waals surface area contributed by atoms with Crippen LogP contribution >= 0.6 is 0 Å². The molecule has 0 aromatic carbocycles. The molecule has 3 heterocycles. The molecule has 1 aromatic heterocycles. The van der Waals surface area contributed by atoms with Crippen LogP contribution in [-0.4, -0.2) is 49.3 Å². The van der Waals surface area contributed by atoms with Gasteiger partial charge in [-0.3, -0.25) is 4.90 Å². The summed E-state index contributed by atoms with van der Waals surface area (Å²) in [5.41, 5.74) is 1.45. The van der Waals surface area contributed by atoms with Gasteiger partial charge in [0.1, 0.15) is 0 Å². The number of nitrogens with one attached hydrogen (secondary N) is 2. The molecule has 18 heavy (non-hydrogen) atoms. The van der Waals surface area contributed by atoms with Crippen LogP contribution in [0.2, 0.25) is 0 Å². The van der Waals surface area contributed by atoms with E-state index in [1.807, 2.05) is 6.20 Å². The molecule has 0 spiro atoms. The van der Waals surface area contributed by atoms with Gasteiger partial charge in [0, 0.05) is 31.5 Å². The number of aromatic amines is 1. The Hall–Kier alpha value is -0.840. The third-order valence-corrected chi connectivity index (χ3v) is 4.23. The molecule has 1 unspecified atom stereocenters. The van der Waals surface area contributed by atoms with Gasteiger partial charge < -0.3 is 15.0 Å². The van der Waals surface area contributed by atoms with E-state index in [1.165, 1.54) is 18.4 Å². The van der Waals surface area contributed by atoms with Crippen LogP contribution in [0, 0.1) is 5.92 Å². The highest BCUT2D eigenvalue weighted by Crippen LogP contribution is 2.34. The molecule has 2 N–H and O–H groups in total. The number of nitrogens with zero attached hydrogens (tertiary/aromatic N) is 1. The van der Waals surface area contributed by atoms with Crippen molar-refractivity contribution >= 4 is 0 Å². The third-order valence-electron chi connectivity index (χ3n) is 4.23. The van der Waals surface area contributed by atoms with E-state index in [1.54, 1.807) is 0 Å². The van der Waals surface area contributed by atoms with Gasteiger partial charge in [0.15, 0.2) is 0 Å². The molecular formula is C14H23N3O. The molecule has 2 aliphatic heterocycles. The first-order valence-electron chi connectivity index (χ1n) is 7.10. The van der Waals surface area contributed by atoms with Crippen molar-refractivity contribution in [2.75, 3.05) is 39.4 Å². The van der Waals surface area contributed by atoms with Crippen molar-refractivity contribution < 1.29 is 4.74 Å². The number of hydrogen-bond donors (Lipinski definition) is 2. The molecule has 2 aliphatic rings. The number of morpholine rings is 1. The fraction of sp³-hybridized carbons (Fsp3) is 0.714. The monoisotopic (exact) mass is 249 g/mol. The molecule has 0 aliphatic carbocycles. The van der Waals surface area contributed by atoms with Gasteiger partial charge in [-0.2, -0.15) is 0 Å². The SMILES string of the molecule is c1cc(C(C2CCNCC2)N2CCOCC2)c[nH]1. The molecule has 0 bridgehead atoms. The summed E-state index contributed by atoms with van der Waals surface area (Å²) in [4.78, 5) is 5.83. The standard InChI is InChI=1S/C14H23N3O/c1-4-15-5-2-12(1)14(13-3-6-16-11-13)17-7-9-18-10-8-17/h3,6,11-12,14-16H,1-2,4-5,7-10H2. The largest absolute Gasteiger partial charge is 0.379 e. The molecule has 1 atom stereocenters. The summed E-state index contributed by atoms with van der Waals surface area (Å²) < 4.78 is 5.49. The zero-order valence-electron chi connectivity index (χ0n) is 10.9. The van der Waals surface area contributed by atoms with Crippen LogP contribution in [-0.2, 0) is 4.74 Å². The Balaban J connectivity index is 1.78. The average Bonchev–Trinajstić information content (AvgIpc) is 2.95. The lowest BCUT2D eigenvalue weighted by Gasteiger charge is -2.40. The van der Waals surface area contributed by atoms with Crippen molar-refractivity contribution in [3.05, 3.63) is 24.0 Å². The van der Waals surface area contributed by atoms with Crippen LogP contribution in [0.1, 0.15) is 24.4 Å². The summed E-state index contributed by atoms with van der Waals surface area (Å²) in [5, 5.41) is 3.47. The Kier molecular flexibility index (Phi) is 3.98. The molecule has 100 valence electrons. The maximum atomic E-state index is 5.49. The van der Waals surface area contributed by atoms with Crippen molar-refractivity contribution in [3.8, 4) is 0 Å². The molecular weight excluding hydrogens is 226 g/mol. The second-order valence-corrected chi connectivity index (χ2v) is 5.32. The zero-order valence-corrected chi connectivity index (χ0v) is 10.9. The van der Waals surface area contributed by atoms with Crippen LogP contribution in [0.25, 0.3) is 0 Å². The smallest absolute Gasteiger partial charge is 0.0594 e. The van der Waals surface area contributed by atoms with Gasteiger partial charge in [-0.15, -0.1) is 0 Å². The van der Waals surface area contributed by atoms with Crippen LogP contribution in [0.4, 0.5) is 0 Å². The molecule has 0 amide bonds. The van der Waals surface area contributed by atoms with Crippen molar-refractivity contribution in [2.24, 2.45) is 5.92 Å².